The summed E-state index contributed by atoms with van der Waals surface area (Å²) in [5.41, 5.74) is 1.07. The molecule has 0 unspecified atom stereocenters. The molecule has 98 valence electrons. The van der Waals surface area contributed by atoms with Gasteiger partial charge in [-0.2, -0.15) is 13.2 Å². The summed E-state index contributed by atoms with van der Waals surface area (Å²) >= 11 is 3.41. The number of hydrogen-bond donors (Lipinski definition) is 0. The molecule has 0 aliphatic heterocycles. The van der Waals surface area contributed by atoms with Gasteiger partial charge in [0.1, 0.15) is 0 Å². The van der Waals surface area contributed by atoms with E-state index in [0.29, 0.717) is 0 Å². The highest BCUT2D eigenvalue weighted by molar-refractivity contribution is 9.10. The molecule has 0 fully saturated rings. The van der Waals surface area contributed by atoms with E-state index < -0.39 is 11.7 Å². The Bertz CT molecular complexity index is 583. The van der Waals surface area contributed by atoms with Crippen LogP contribution in [0.5, 0.6) is 0 Å². The normalized spacial score (nSPS) is 12.0. The van der Waals surface area contributed by atoms with Gasteiger partial charge in [0.15, 0.2) is 0 Å². The van der Waals surface area contributed by atoms with Crippen molar-refractivity contribution in [2.45, 2.75) is 6.18 Å². The van der Waals surface area contributed by atoms with Crippen LogP contribution >= 0.6 is 15.9 Å². The number of hydrogen-bond acceptors (Lipinski definition) is 0. The first kappa shape index (κ1) is 13.9. The maximum Gasteiger partial charge on any atom is 0.416 e. The lowest BCUT2D eigenvalue weighted by molar-refractivity contribution is -0.137. The molecule has 19 heavy (non-hydrogen) atoms. The quantitative estimate of drug-likeness (QED) is 0.626. The molecule has 0 radical (unpaired) electrons. The van der Waals surface area contributed by atoms with Crippen molar-refractivity contribution in [2.24, 2.45) is 0 Å². The van der Waals surface area contributed by atoms with Crippen molar-refractivity contribution in [1.29, 1.82) is 0 Å². The van der Waals surface area contributed by atoms with E-state index in [1.807, 2.05) is 30.3 Å². The zero-order valence-corrected chi connectivity index (χ0v) is 11.4. The Morgan fingerprint density at radius 1 is 0.842 bits per heavy atom. The fraction of sp³-hybridized carbons (Fsp3) is 0.0667. The maximum atomic E-state index is 12.4. The van der Waals surface area contributed by atoms with Crippen LogP contribution in [-0.4, -0.2) is 0 Å². The van der Waals surface area contributed by atoms with E-state index >= 15 is 0 Å². The van der Waals surface area contributed by atoms with Crippen LogP contribution in [0.4, 0.5) is 13.2 Å². The van der Waals surface area contributed by atoms with Crippen LogP contribution in [0.15, 0.2) is 53.0 Å². The minimum atomic E-state index is -4.29. The van der Waals surface area contributed by atoms with Crippen molar-refractivity contribution >= 4 is 28.1 Å². The molecule has 0 atom stereocenters. The molecule has 0 amide bonds. The summed E-state index contributed by atoms with van der Waals surface area (Å²) in [5.74, 6) is 0. The van der Waals surface area contributed by atoms with E-state index in [0.717, 1.165) is 27.7 Å². The molecule has 0 nitrogen and oxygen atoms in total. The van der Waals surface area contributed by atoms with Gasteiger partial charge in [0.25, 0.3) is 0 Å². The Morgan fingerprint density at radius 3 is 2.05 bits per heavy atom. The fourth-order valence-corrected chi connectivity index (χ4v) is 2.00. The van der Waals surface area contributed by atoms with E-state index in [1.54, 1.807) is 6.08 Å². The van der Waals surface area contributed by atoms with Gasteiger partial charge in [-0.05, 0) is 29.3 Å². The van der Waals surface area contributed by atoms with Gasteiger partial charge in [0, 0.05) is 4.47 Å². The molecule has 2 rings (SSSR count). The van der Waals surface area contributed by atoms with Crippen molar-refractivity contribution in [1.82, 2.24) is 0 Å². The third kappa shape index (κ3) is 3.70. The van der Waals surface area contributed by atoms with Gasteiger partial charge in [-0.3, -0.25) is 0 Å². The predicted octanol–water partition coefficient (Wildman–Crippen LogP) is 5.64. The summed E-state index contributed by atoms with van der Waals surface area (Å²) in [4.78, 5) is 0. The molecule has 0 aromatic heterocycles. The molecule has 0 bridgehead atoms. The summed E-state index contributed by atoms with van der Waals surface area (Å²) in [6.07, 6.45) is -0.655. The molecule has 4 heteroatoms. The van der Waals surface area contributed by atoms with Crippen LogP contribution in [0.25, 0.3) is 12.2 Å². The molecule has 0 heterocycles. The van der Waals surface area contributed by atoms with Gasteiger partial charge in [-0.1, -0.05) is 58.4 Å². The van der Waals surface area contributed by atoms with E-state index in [1.165, 1.54) is 12.1 Å². The van der Waals surface area contributed by atoms with E-state index in [2.05, 4.69) is 15.9 Å². The Kier molecular flexibility index (Phi) is 4.10. The Hall–Kier alpha value is -1.55. The SMILES string of the molecule is FC(F)(F)c1ccc(/C=C/c2ccccc2Br)cc1. The van der Waals surface area contributed by atoms with Gasteiger partial charge in [0.05, 0.1) is 5.56 Å². The lowest BCUT2D eigenvalue weighted by Crippen LogP contribution is -2.03. The average Bonchev–Trinajstić information content (AvgIpc) is 2.37. The smallest absolute Gasteiger partial charge is 0.166 e. The van der Waals surface area contributed by atoms with Crippen molar-refractivity contribution < 1.29 is 13.2 Å². The molecule has 0 N–H and O–H groups in total. The first-order valence-corrected chi connectivity index (χ1v) is 6.36. The molecule has 0 saturated carbocycles. The Balaban J connectivity index is 2.19. The van der Waals surface area contributed by atoms with E-state index in [-0.39, 0.29) is 0 Å². The number of halogens is 4. The first-order chi connectivity index (χ1) is 8.97. The summed E-state index contributed by atoms with van der Waals surface area (Å²) in [5, 5.41) is 0. The second-order valence-electron chi connectivity index (χ2n) is 3.97. The van der Waals surface area contributed by atoms with Crippen molar-refractivity contribution in [2.75, 3.05) is 0 Å². The third-order valence-corrected chi connectivity index (χ3v) is 3.32. The third-order valence-electron chi connectivity index (χ3n) is 2.60. The average molecular weight is 327 g/mol. The Morgan fingerprint density at radius 2 is 1.47 bits per heavy atom. The highest BCUT2D eigenvalue weighted by Gasteiger charge is 2.29. The zero-order valence-electron chi connectivity index (χ0n) is 9.79. The van der Waals surface area contributed by atoms with Gasteiger partial charge in [0.2, 0.25) is 0 Å². The van der Waals surface area contributed by atoms with Crippen LogP contribution in [0.1, 0.15) is 16.7 Å². The van der Waals surface area contributed by atoms with Crippen LogP contribution in [-0.2, 0) is 6.18 Å². The van der Waals surface area contributed by atoms with Gasteiger partial charge in [-0.15, -0.1) is 0 Å². The molecule has 0 aliphatic carbocycles. The molecular weight excluding hydrogens is 317 g/mol. The number of rotatable bonds is 2. The van der Waals surface area contributed by atoms with Crippen LogP contribution in [0.3, 0.4) is 0 Å². The standard InChI is InChI=1S/C15H10BrF3/c16-14-4-2-1-3-12(14)8-5-11-6-9-13(10-7-11)15(17,18)19/h1-10H/b8-5+. The van der Waals surface area contributed by atoms with Crippen LogP contribution in [0, 0.1) is 0 Å². The first-order valence-electron chi connectivity index (χ1n) is 5.57. The zero-order chi connectivity index (χ0) is 13.9. The topological polar surface area (TPSA) is 0 Å². The minimum absolute atomic E-state index is 0.634. The summed E-state index contributed by atoms with van der Waals surface area (Å²) in [6, 6.07) is 12.7. The number of alkyl halides is 3. The molecule has 0 saturated heterocycles. The largest absolute Gasteiger partial charge is 0.416 e. The molecule has 2 aromatic carbocycles. The van der Waals surface area contributed by atoms with Crippen LogP contribution < -0.4 is 0 Å². The van der Waals surface area contributed by atoms with Gasteiger partial charge in [-0.25, -0.2) is 0 Å². The highest BCUT2D eigenvalue weighted by Crippen LogP contribution is 2.29. The summed E-state index contributed by atoms with van der Waals surface area (Å²) < 4.78 is 38.1. The minimum Gasteiger partial charge on any atom is -0.166 e. The maximum absolute atomic E-state index is 12.4. The van der Waals surface area contributed by atoms with Crippen molar-refractivity contribution in [3.63, 3.8) is 0 Å². The van der Waals surface area contributed by atoms with Crippen molar-refractivity contribution in [3.8, 4) is 0 Å². The highest BCUT2D eigenvalue weighted by atomic mass is 79.9. The van der Waals surface area contributed by atoms with Gasteiger partial charge >= 0.3 is 6.18 Å². The predicted molar refractivity (Wildman–Crippen MR) is 74.5 cm³/mol. The molecule has 0 spiro atoms. The fourth-order valence-electron chi connectivity index (χ4n) is 1.58. The molecule has 2 aromatic rings. The summed E-state index contributed by atoms with van der Waals surface area (Å²) in [6.45, 7) is 0. The summed E-state index contributed by atoms with van der Waals surface area (Å²) in [7, 11) is 0. The van der Waals surface area contributed by atoms with Crippen LogP contribution in [0.2, 0.25) is 0 Å². The monoisotopic (exact) mass is 326 g/mol. The second-order valence-corrected chi connectivity index (χ2v) is 4.83. The lowest BCUT2D eigenvalue weighted by Gasteiger charge is -2.06. The number of benzene rings is 2. The molecular formula is C15H10BrF3. The van der Waals surface area contributed by atoms with E-state index in [9.17, 15) is 13.2 Å². The Labute approximate surface area is 117 Å². The van der Waals surface area contributed by atoms with E-state index in [4.69, 9.17) is 0 Å². The molecule has 0 aliphatic rings. The lowest BCUT2D eigenvalue weighted by atomic mass is 10.1. The van der Waals surface area contributed by atoms with Gasteiger partial charge < -0.3 is 0 Å². The second kappa shape index (κ2) is 5.61. The van der Waals surface area contributed by atoms with Crippen molar-refractivity contribution in [3.05, 3.63) is 69.7 Å².